The summed E-state index contributed by atoms with van der Waals surface area (Å²) in [5, 5.41) is 7.97. The molecule has 8 heteroatoms. The van der Waals surface area contributed by atoms with Crippen LogP contribution in [0.15, 0.2) is 15.9 Å². The summed E-state index contributed by atoms with van der Waals surface area (Å²) in [6.07, 6.45) is -4.80. The van der Waals surface area contributed by atoms with E-state index in [9.17, 15) is 18.0 Å². The number of aromatic amines is 1. The Morgan fingerprint density at radius 3 is 2.53 bits per heavy atom. The molecule has 0 bridgehead atoms. The minimum Gasteiger partial charge on any atom is -0.324 e. The SMILES string of the molecule is N#Cc1c(C(F)(F)F)cc(=O)[nH]c1SO. The van der Waals surface area contributed by atoms with E-state index < -0.39 is 27.9 Å². The molecule has 4 nitrogen and oxygen atoms in total. The third-order valence-electron chi connectivity index (χ3n) is 1.52. The number of nitriles is 1. The maximum absolute atomic E-state index is 12.3. The molecule has 0 aromatic carbocycles. The second-order valence-corrected chi connectivity index (χ2v) is 3.04. The molecule has 0 aliphatic carbocycles. The minimum absolute atomic E-state index is 0.114. The van der Waals surface area contributed by atoms with E-state index in [1.54, 1.807) is 0 Å². The normalized spacial score (nSPS) is 11.1. The second kappa shape index (κ2) is 3.96. The highest BCUT2D eigenvalue weighted by Crippen LogP contribution is 2.33. The molecule has 0 radical (unpaired) electrons. The second-order valence-electron chi connectivity index (χ2n) is 2.45. The zero-order valence-electron chi connectivity index (χ0n) is 6.92. The predicted molar refractivity (Wildman–Crippen MR) is 45.3 cm³/mol. The molecule has 0 saturated carbocycles. The van der Waals surface area contributed by atoms with Crippen molar-refractivity contribution in [3.63, 3.8) is 0 Å². The number of H-pyrrole nitrogens is 1. The maximum Gasteiger partial charge on any atom is 0.417 e. The monoisotopic (exact) mass is 236 g/mol. The van der Waals surface area contributed by atoms with Gasteiger partial charge in [0.1, 0.15) is 11.1 Å². The van der Waals surface area contributed by atoms with Crippen LogP contribution in [-0.4, -0.2) is 9.54 Å². The fourth-order valence-electron chi connectivity index (χ4n) is 0.939. The molecular formula is C7H3F3N2O2S. The smallest absolute Gasteiger partial charge is 0.324 e. The number of rotatable bonds is 1. The van der Waals surface area contributed by atoms with E-state index in [4.69, 9.17) is 9.81 Å². The van der Waals surface area contributed by atoms with E-state index in [1.165, 1.54) is 6.07 Å². The summed E-state index contributed by atoms with van der Waals surface area (Å²) in [7, 11) is 0. The van der Waals surface area contributed by atoms with Gasteiger partial charge < -0.3 is 9.54 Å². The van der Waals surface area contributed by atoms with Gasteiger partial charge in [-0.2, -0.15) is 18.4 Å². The Balaban J connectivity index is 3.59. The lowest BCUT2D eigenvalue weighted by atomic mass is 10.1. The van der Waals surface area contributed by atoms with Crippen molar-refractivity contribution >= 4 is 12.0 Å². The molecule has 0 aliphatic rings. The van der Waals surface area contributed by atoms with Gasteiger partial charge in [0, 0.05) is 18.1 Å². The number of pyridine rings is 1. The number of aromatic nitrogens is 1. The molecule has 0 aliphatic heterocycles. The molecule has 0 saturated heterocycles. The largest absolute Gasteiger partial charge is 0.417 e. The first kappa shape index (κ1) is 11.6. The van der Waals surface area contributed by atoms with E-state index in [-0.39, 0.29) is 18.1 Å². The van der Waals surface area contributed by atoms with E-state index >= 15 is 0 Å². The van der Waals surface area contributed by atoms with Crippen molar-refractivity contribution in [2.45, 2.75) is 11.2 Å². The highest BCUT2D eigenvalue weighted by Gasteiger charge is 2.35. The van der Waals surface area contributed by atoms with E-state index in [0.717, 1.165) is 0 Å². The molecule has 15 heavy (non-hydrogen) atoms. The highest BCUT2D eigenvalue weighted by molar-refractivity contribution is 7.93. The van der Waals surface area contributed by atoms with Crippen LogP contribution in [0, 0.1) is 11.3 Å². The number of hydrogen-bond acceptors (Lipinski definition) is 4. The van der Waals surface area contributed by atoms with Gasteiger partial charge in [0.25, 0.3) is 0 Å². The summed E-state index contributed by atoms with van der Waals surface area (Å²) in [6, 6.07) is 1.55. The third-order valence-corrected chi connectivity index (χ3v) is 2.01. The van der Waals surface area contributed by atoms with Crippen LogP contribution < -0.4 is 5.56 Å². The van der Waals surface area contributed by atoms with Gasteiger partial charge in [0.15, 0.2) is 0 Å². The van der Waals surface area contributed by atoms with Crippen molar-refractivity contribution < 1.29 is 17.7 Å². The van der Waals surface area contributed by atoms with Crippen LogP contribution >= 0.6 is 12.0 Å². The van der Waals surface area contributed by atoms with Crippen molar-refractivity contribution in [2.24, 2.45) is 0 Å². The van der Waals surface area contributed by atoms with Gasteiger partial charge in [-0.05, 0) is 0 Å². The molecule has 1 rings (SSSR count). The Hall–Kier alpha value is -1.46. The molecule has 80 valence electrons. The van der Waals surface area contributed by atoms with E-state index in [1.807, 2.05) is 4.98 Å². The Kier molecular flexibility index (Phi) is 3.06. The molecule has 0 fully saturated rings. The Morgan fingerprint density at radius 2 is 2.13 bits per heavy atom. The average Bonchev–Trinajstić information content (AvgIpc) is 2.15. The lowest BCUT2D eigenvalue weighted by Gasteiger charge is -2.09. The molecule has 1 aromatic heterocycles. The molecule has 0 atom stereocenters. The number of alkyl halides is 3. The molecule has 0 spiro atoms. The summed E-state index contributed by atoms with van der Waals surface area (Å²) in [4.78, 5) is 12.7. The van der Waals surface area contributed by atoms with Gasteiger partial charge in [-0.25, -0.2) is 0 Å². The van der Waals surface area contributed by atoms with E-state index in [2.05, 4.69) is 0 Å². The third kappa shape index (κ3) is 2.31. The predicted octanol–water partition coefficient (Wildman–Crippen LogP) is 1.83. The van der Waals surface area contributed by atoms with Crippen molar-refractivity contribution in [1.29, 1.82) is 5.26 Å². The van der Waals surface area contributed by atoms with Crippen LogP contribution in [0.1, 0.15) is 11.1 Å². The first-order valence-corrected chi connectivity index (χ1v) is 4.23. The number of nitrogens with zero attached hydrogens (tertiary/aromatic N) is 1. The average molecular weight is 236 g/mol. The van der Waals surface area contributed by atoms with Crippen molar-refractivity contribution in [2.75, 3.05) is 0 Å². The fraction of sp³-hybridized carbons (Fsp3) is 0.143. The molecule has 0 unspecified atom stereocenters. The lowest BCUT2D eigenvalue weighted by Crippen LogP contribution is -2.16. The zero-order valence-corrected chi connectivity index (χ0v) is 7.74. The van der Waals surface area contributed by atoms with Crippen molar-refractivity contribution in [3.8, 4) is 6.07 Å². The van der Waals surface area contributed by atoms with Crippen LogP contribution in [-0.2, 0) is 6.18 Å². The summed E-state index contributed by atoms with van der Waals surface area (Å²) in [6.45, 7) is 0. The highest BCUT2D eigenvalue weighted by atomic mass is 32.2. The van der Waals surface area contributed by atoms with Crippen LogP contribution in [0.4, 0.5) is 13.2 Å². The zero-order chi connectivity index (χ0) is 11.6. The molecule has 0 amide bonds. The van der Waals surface area contributed by atoms with Crippen LogP contribution in [0.3, 0.4) is 0 Å². The van der Waals surface area contributed by atoms with Gasteiger partial charge in [-0.15, -0.1) is 0 Å². The number of nitrogens with one attached hydrogen (secondary N) is 1. The Bertz CT molecular complexity index is 475. The maximum atomic E-state index is 12.3. The summed E-state index contributed by atoms with van der Waals surface area (Å²) in [5.74, 6) is 0. The van der Waals surface area contributed by atoms with Crippen molar-refractivity contribution in [3.05, 3.63) is 27.5 Å². The van der Waals surface area contributed by atoms with Crippen LogP contribution in [0.25, 0.3) is 0 Å². The van der Waals surface area contributed by atoms with Gasteiger partial charge >= 0.3 is 6.18 Å². The van der Waals surface area contributed by atoms with Crippen molar-refractivity contribution in [1.82, 2.24) is 4.98 Å². The van der Waals surface area contributed by atoms with Gasteiger partial charge in [-0.1, -0.05) is 0 Å². The summed E-state index contributed by atoms with van der Waals surface area (Å²) in [5.41, 5.74) is -3.18. The topological polar surface area (TPSA) is 76.9 Å². The molecule has 2 N–H and O–H groups in total. The van der Waals surface area contributed by atoms with Gasteiger partial charge in [-0.3, -0.25) is 4.79 Å². The van der Waals surface area contributed by atoms with E-state index in [0.29, 0.717) is 0 Å². The Labute approximate surface area is 85.6 Å². The van der Waals surface area contributed by atoms with Crippen LogP contribution in [0.5, 0.6) is 0 Å². The molecule has 1 heterocycles. The van der Waals surface area contributed by atoms with Crippen LogP contribution in [0.2, 0.25) is 0 Å². The first-order chi connectivity index (χ1) is 6.90. The molecular weight excluding hydrogens is 233 g/mol. The summed E-state index contributed by atoms with van der Waals surface area (Å²) < 4.78 is 45.6. The Morgan fingerprint density at radius 1 is 1.53 bits per heavy atom. The number of hydrogen-bond donors (Lipinski definition) is 2. The quantitative estimate of drug-likeness (QED) is 0.729. The fourth-order valence-corrected chi connectivity index (χ4v) is 1.33. The first-order valence-electron chi connectivity index (χ1n) is 3.46. The summed E-state index contributed by atoms with van der Waals surface area (Å²) >= 11 is -0.114. The lowest BCUT2D eigenvalue weighted by molar-refractivity contribution is -0.138. The number of halogens is 3. The van der Waals surface area contributed by atoms with Gasteiger partial charge in [0.2, 0.25) is 5.56 Å². The minimum atomic E-state index is -4.80. The standard InChI is InChI=1S/C7H3F3N2O2S/c8-7(9,10)4-1-5(13)12-6(15-14)3(4)2-11/h1,14H,(H,12,13). The molecule has 1 aromatic rings. The van der Waals surface area contributed by atoms with Gasteiger partial charge in [0.05, 0.1) is 11.1 Å².